The molecule has 0 saturated carbocycles. The van der Waals surface area contributed by atoms with Gasteiger partial charge in [-0.2, -0.15) is 0 Å². The maximum absolute atomic E-state index is 9.88. The van der Waals surface area contributed by atoms with Gasteiger partial charge in [0.2, 0.25) is 0 Å². The van der Waals surface area contributed by atoms with Crippen LogP contribution in [0.2, 0.25) is 5.02 Å². The minimum Gasteiger partial charge on any atom is -0.381 e. The lowest BCUT2D eigenvalue weighted by atomic mass is 10.2. The monoisotopic (exact) mass is 225 g/mol. The predicted octanol–water partition coefficient (Wildman–Crippen LogP) is 2.88. The number of aromatic nitrogens is 1. The number of hydrogen-bond acceptors (Lipinski definition) is 3. The summed E-state index contributed by atoms with van der Waals surface area (Å²) < 4.78 is 0. The van der Waals surface area contributed by atoms with E-state index in [1.807, 2.05) is 17.5 Å². The Balaban J connectivity index is 2.28. The lowest BCUT2D eigenvalue weighted by Gasteiger charge is -2.06. The first-order chi connectivity index (χ1) is 6.77. The molecule has 2 aromatic rings. The molecule has 72 valence electrons. The van der Waals surface area contributed by atoms with Gasteiger partial charge < -0.3 is 5.11 Å². The molecule has 1 N–H and O–H groups in total. The number of aliphatic hydroxyl groups is 1. The predicted molar refractivity (Wildman–Crippen MR) is 57.6 cm³/mol. The van der Waals surface area contributed by atoms with E-state index in [2.05, 4.69) is 4.98 Å². The molecule has 0 fully saturated rings. The smallest absolute Gasteiger partial charge is 0.130 e. The summed E-state index contributed by atoms with van der Waals surface area (Å²) in [5.74, 6) is 0. The molecule has 0 aromatic carbocycles. The number of hydrogen-bond donors (Lipinski definition) is 1. The van der Waals surface area contributed by atoms with E-state index >= 15 is 0 Å². The van der Waals surface area contributed by atoms with Crippen molar-refractivity contribution in [2.45, 2.75) is 6.10 Å². The zero-order valence-electron chi connectivity index (χ0n) is 7.22. The molecule has 0 spiro atoms. The molecule has 0 aliphatic heterocycles. The summed E-state index contributed by atoms with van der Waals surface area (Å²) in [5.41, 5.74) is 0.622. The lowest BCUT2D eigenvalue weighted by molar-refractivity contribution is 0.219. The molecular weight excluding hydrogens is 218 g/mol. The van der Waals surface area contributed by atoms with Crippen LogP contribution in [0.1, 0.15) is 16.7 Å². The fourth-order valence-corrected chi connectivity index (χ4v) is 1.97. The summed E-state index contributed by atoms with van der Waals surface area (Å²) in [6.45, 7) is 0. The molecule has 2 rings (SSSR count). The van der Waals surface area contributed by atoms with Crippen molar-refractivity contribution in [2.75, 3.05) is 0 Å². The topological polar surface area (TPSA) is 33.1 Å². The molecule has 1 atom stereocenters. The minimum atomic E-state index is -0.646. The second-order valence-corrected chi connectivity index (χ2v) is 4.23. The second kappa shape index (κ2) is 4.09. The van der Waals surface area contributed by atoms with Gasteiger partial charge in [0, 0.05) is 11.1 Å². The van der Waals surface area contributed by atoms with Gasteiger partial charge in [0.25, 0.3) is 0 Å². The third kappa shape index (κ3) is 1.95. The summed E-state index contributed by atoms with van der Waals surface area (Å²) in [7, 11) is 0. The fraction of sp³-hybridized carbons (Fsp3) is 0.100. The minimum absolute atomic E-state index is 0.576. The Morgan fingerprint density at radius 1 is 1.36 bits per heavy atom. The molecule has 0 amide bonds. The molecule has 0 aliphatic carbocycles. The average molecular weight is 226 g/mol. The van der Waals surface area contributed by atoms with Crippen molar-refractivity contribution in [1.29, 1.82) is 0 Å². The molecule has 1 unspecified atom stereocenters. The van der Waals surface area contributed by atoms with Crippen LogP contribution in [0, 0.1) is 0 Å². The van der Waals surface area contributed by atoms with Crippen LogP contribution in [0.4, 0.5) is 0 Å². The zero-order chi connectivity index (χ0) is 9.97. The Morgan fingerprint density at radius 2 is 2.21 bits per heavy atom. The van der Waals surface area contributed by atoms with Gasteiger partial charge in [-0.05, 0) is 23.6 Å². The van der Waals surface area contributed by atoms with E-state index in [1.54, 1.807) is 12.1 Å². The summed E-state index contributed by atoms with van der Waals surface area (Å²) in [5, 5.41) is 12.4. The number of aliphatic hydroxyl groups excluding tert-OH is 1. The Bertz CT molecular complexity index is 399. The van der Waals surface area contributed by atoms with Gasteiger partial charge in [-0.25, -0.2) is 0 Å². The average Bonchev–Trinajstić information content (AvgIpc) is 2.71. The van der Waals surface area contributed by atoms with E-state index in [0.29, 0.717) is 10.7 Å². The van der Waals surface area contributed by atoms with E-state index in [9.17, 15) is 5.11 Å². The van der Waals surface area contributed by atoms with Crippen molar-refractivity contribution < 1.29 is 5.11 Å². The van der Waals surface area contributed by atoms with Crippen LogP contribution >= 0.6 is 22.9 Å². The molecule has 14 heavy (non-hydrogen) atoms. The zero-order valence-corrected chi connectivity index (χ0v) is 8.79. The van der Waals surface area contributed by atoms with E-state index in [1.165, 1.54) is 17.5 Å². The lowest BCUT2D eigenvalue weighted by Crippen LogP contribution is -1.99. The van der Waals surface area contributed by atoms with Gasteiger partial charge in [-0.3, -0.25) is 4.98 Å². The Hall–Kier alpha value is -0.900. The van der Waals surface area contributed by atoms with Gasteiger partial charge in [-0.1, -0.05) is 17.7 Å². The molecule has 4 heteroatoms. The van der Waals surface area contributed by atoms with Gasteiger partial charge in [0.05, 0.1) is 10.7 Å². The number of halogens is 1. The SMILES string of the molecule is OC(c1ccc(Cl)cn1)c1cccs1. The van der Waals surface area contributed by atoms with Crippen molar-refractivity contribution >= 4 is 22.9 Å². The number of nitrogens with zero attached hydrogens (tertiary/aromatic N) is 1. The number of thiophene rings is 1. The van der Waals surface area contributed by atoms with Crippen LogP contribution in [0.3, 0.4) is 0 Å². The third-order valence-electron chi connectivity index (χ3n) is 1.84. The van der Waals surface area contributed by atoms with Crippen molar-refractivity contribution in [3.05, 3.63) is 51.4 Å². The standard InChI is InChI=1S/C10H8ClNOS/c11-7-3-4-8(12-6-7)10(13)9-2-1-5-14-9/h1-6,10,13H. The third-order valence-corrected chi connectivity index (χ3v) is 2.99. The van der Waals surface area contributed by atoms with Crippen LogP contribution in [0.5, 0.6) is 0 Å². The first-order valence-electron chi connectivity index (χ1n) is 4.10. The molecule has 0 aliphatic rings. The van der Waals surface area contributed by atoms with Crippen LogP contribution in [-0.4, -0.2) is 10.1 Å². The number of pyridine rings is 1. The van der Waals surface area contributed by atoms with Crippen LogP contribution in [0.25, 0.3) is 0 Å². The summed E-state index contributed by atoms with van der Waals surface area (Å²) in [6, 6.07) is 7.23. The van der Waals surface area contributed by atoms with E-state index < -0.39 is 6.10 Å². The highest BCUT2D eigenvalue weighted by molar-refractivity contribution is 7.10. The molecule has 2 nitrogen and oxygen atoms in total. The highest BCUT2D eigenvalue weighted by Gasteiger charge is 2.11. The van der Waals surface area contributed by atoms with Crippen molar-refractivity contribution in [3.8, 4) is 0 Å². The van der Waals surface area contributed by atoms with Crippen LogP contribution < -0.4 is 0 Å². The maximum Gasteiger partial charge on any atom is 0.130 e. The summed E-state index contributed by atoms with van der Waals surface area (Å²) in [6.07, 6.45) is 0.889. The molecule has 0 bridgehead atoms. The van der Waals surface area contributed by atoms with Gasteiger partial charge in [0.1, 0.15) is 6.10 Å². The van der Waals surface area contributed by atoms with Gasteiger partial charge in [-0.15, -0.1) is 11.3 Å². The van der Waals surface area contributed by atoms with E-state index in [4.69, 9.17) is 11.6 Å². The first kappa shape index (κ1) is 9.65. The maximum atomic E-state index is 9.88. The van der Waals surface area contributed by atoms with Crippen LogP contribution in [0.15, 0.2) is 35.8 Å². The number of rotatable bonds is 2. The quantitative estimate of drug-likeness (QED) is 0.853. The highest BCUT2D eigenvalue weighted by Crippen LogP contribution is 2.24. The van der Waals surface area contributed by atoms with Crippen molar-refractivity contribution in [1.82, 2.24) is 4.98 Å². The van der Waals surface area contributed by atoms with Gasteiger partial charge >= 0.3 is 0 Å². The highest BCUT2D eigenvalue weighted by atomic mass is 35.5. The Kier molecular flexibility index (Phi) is 2.82. The summed E-state index contributed by atoms with van der Waals surface area (Å²) in [4.78, 5) is 4.95. The fourth-order valence-electron chi connectivity index (χ4n) is 1.14. The molecule has 0 saturated heterocycles. The van der Waals surface area contributed by atoms with Crippen molar-refractivity contribution in [2.24, 2.45) is 0 Å². The molecule has 0 radical (unpaired) electrons. The summed E-state index contributed by atoms with van der Waals surface area (Å²) >= 11 is 7.21. The van der Waals surface area contributed by atoms with Crippen molar-refractivity contribution in [3.63, 3.8) is 0 Å². The van der Waals surface area contributed by atoms with Crippen LogP contribution in [-0.2, 0) is 0 Å². The van der Waals surface area contributed by atoms with Gasteiger partial charge in [0.15, 0.2) is 0 Å². The molecule has 2 heterocycles. The normalized spacial score (nSPS) is 12.7. The van der Waals surface area contributed by atoms with E-state index in [-0.39, 0.29) is 0 Å². The van der Waals surface area contributed by atoms with E-state index in [0.717, 1.165) is 4.88 Å². The first-order valence-corrected chi connectivity index (χ1v) is 5.36. The Labute approximate surface area is 90.8 Å². The second-order valence-electron chi connectivity index (χ2n) is 2.82. The molecular formula is C10H8ClNOS. The largest absolute Gasteiger partial charge is 0.381 e. The Morgan fingerprint density at radius 3 is 2.79 bits per heavy atom. The molecule has 2 aromatic heterocycles.